The molecule has 1 N–H and O–H groups in total. The lowest BCUT2D eigenvalue weighted by atomic mass is 10.2. The zero-order valence-electron chi connectivity index (χ0n) is 13.1. The molecule has 3 nitrogen and oxygen atoms in total. The van der Waals surface area contributed by atoms with Crippen LogP contribution in [0.3, 0.4) is 0 Å². The quantitative estimate of drug-likeness (QED) is 0.546. The van der Waals surface area contributed by atoms with Crippen molar-refractivity contribution in [1.82, 2.24) is 9.38 Å². The zero-order valence-corrected chi connectivity index (χ0v) is 13.9. The summed E-state index contributed by atoms with van der Waals surface area (Å²) in [5.41, 5.74) is 6.61. The third kappa shape index (κ3) is 2.62. The number of rotatable bonds is 3. The van der Waals surface area contributed by atoms with E-state index in [1.165, 1.54) is 11.1 Å². The number of thiophene rings is 1. The molecule has 0 unspecified atom stereocenters. The number of nitrogens with one attached hydrogen (secondary N) is 1. The summed E-state index contributed by atoms with van der Waals surface area (Å²) in [7, 11) is 0. The number of benzene rings is 1. The molecule has 23 heavy (non-hydrogen) atoms. The fourth-order valence-corrected chi connectivity index (χ4v) is 3.28. The van der Waals surface area contributed by atoms with Crippen LogP contribution in [-0.2, 0) is 0 Å². The van der Waals surface area contributed by atoms with Gasteiger partial charge in [0.05, 0.1) is 0 Å². The molecule has 0 bridgehead atoms. The molecule has 0 spiro atoms. The molecular formula is C19H17N3S. The molecule has 0 atom stereocenters. The first kappa shape index (κ1) is 14.0. The molecule has 0 saturated carbocycles. The van der Waals surface area contributed by atoms with Crippen molar-refractivity contribution in [3.05, 3.63) is 70.5 Å². The van der Waals surface area contributed by atoms with Crippen LogP contribution in [0.2, 0.25) is 0 Å². The normalized spacial score (nSPS) is 11.0. The molecule has 0 fully saturated rings. The van der Waals surface area contributed by atoms with E-state index in [9.17, 15) is 0 Å². The Kier molecular flexibility index (Phi) is 3.39. The zero-order chi connectivity index (χ0) is 15.8. The Morgan fingerprint density at radius 2 is 1.83 bits per heavy atom. The summed E-state index contributed by atoms with van der Waals surface area (Å²) in [6.07, 6.45) is 2.07. The largest absolute Gasteiger partial charge is 0.339 e. The van der Waals surface area contributed by atoms with Gasteiger partial charge in [-0.15, -0.1) is 0 Å². The van der Waals surface area contributed by atoms with E-state index < -0.39 is 0 Å². The number of imidazole rings is 1. The highest BCUT2D eigenvalue weighted by Gasteiger charge is 2.14. The van der Waals surface area contributed by atoms with Crippen LogP contribution in [0.1, 0.15) is 11.1 Å². The number of fused-ring (bicyclic) bond motifs is 1. The Balaban J connectivity index is 1.88. The Labute approximate surface area is 139 Å². The van der Waals surface area contributed by atoms with Crippen LogP contribution in [-0.4, -0.2) is 9.38 Å². The van der Waals surface area contributed by atoms with Gasteiger partial charge >= 0.3 is 0 Å². The smallest absolute Gasteiger partial charge is 0.143 e. The van der Waals surface area contributed by atoms with Gasteiger partial charge in [-0.1, -0.05) is 17.7 Å². The summed E-state index contributed by atoms with van der Waals surface area (Å²) in [6, 6.07) is 14.7. The minimum Gasteiger partial charge on any atom is -0.339 e. The lowest BCUT2D eigenvalue weighted by molar-refractivity contribution is 1.17. The number of aromatic nitrogens is 2. The van der Waals surface area contributed by atoms with Crippen LogP contribution in [0, 0.1) is 13.8 Å². The van der Waals surface area contributed by atoms with E-state index in [0.717, 1.165) is 28.4 Å². The van der Waals surface area contributed by atoms with Gasteiger partial charge in [-0.3, -0.25) is 4.40 Å². The number of anilines is 2. The Bertz CT molecular complexity index is 950. The van der Waals surface area contributed by atoms with Crippen LogP contribution < -0.4 is 5.32 Å². The van der Waals surface area contributed by atoms with Gasteiger partial charge in [0.15, 0.2) is 0 Å². The highest BCUT2D eigenvalue weighted by Crippen LogP contribution is 2.32. The third-order valence-electron chi connectivity index (χ3n) is 3.89. The van der Waals surface area contributed by atoms with Crippen LogP contribution in [0.15, 0.2) is 59.4 Å². The molecule has 0 saturated heterocycles. The minimum atomic E-state index is 0.959. The minimum absolute atomic E-state index is 0.959. The van der Waals surface area contributed by atoms with Crippen molar-refractivity contribution in [3.63, 3.8) is 0 Å². The van der Waals surface area contributed by atoms with Crippen LogP contribution in [0.4, 0.5) is 11.5 Å². The van der Waals surface area contributed by atoms with E-state index in [4.69, 9.17) is 4.98 Å². The lowest BCUT2D eigenvalue weighted by Gasteiger charge is -2.09. The maximum atomic E-state index is 4.84. The van der Waals surface area contributed by atoms with E-state index >= 15 is 0 Å². The average Bonchev–Trinajstić information content (AvgIpc) is 3.17. The first-order valence-electron chi connectivity index (χ1n) is 7.56. The molecule has 0 amide bonds. The fourth-order valence-electron chi connectivity index (χ4n) is 2.64. The second-order valence-electron chi connectivity index (χ2n) is 5.74. The summed E-state index contributed by atoms with van der Waals surface area (Å²) >= 11 is 1.69. The second-order valence-corrected chi connectivity index (χ2v) is 6.52. The van der Waals surface area contributed by atoms with Crippen molar-refractivity contribution in [1.29, 1.82) is 0 Å². The Hall–Kier alpha value is -2.59. The number of aryl methyl sites for hydroxylation is 2. The summed E-state index contributed by atoms with van der Waals surface area (Å²) in [5, 5.41) is 7.75. The number of pyridine rings is 1. The third-order valence-corrected chi connectivity index (χ3v) is 4.57. The molecule has 0 aliphatic rings. The summed E-state index contributed by atoms with van der Waals surface area (Å²) < 4.78 is 2.11. The molecule has 3 heterocycles. The molecular weight excluding hydrogens is 302 g/mol. The van der Waals surface area contributed by atoms with E-state index in [1.54, 1.807) is 11.3 Å². The molecule has 1 aromatic carbocycles. The first-order chi connectivity index (χ1) is 11.2. The maximum absolute atomic E-state index is 4.84. The second kappa shape index (κ2) is 5.56. The van der Waals surface area contributed by atoms with E-state index in [0.29, 0.717) is 0 Å². The molecule has 3 aromatic heterocycles. The predicted octanol–water partition coefficient (Wildman–Crippen LogP) is 5.42. The number of hydrogen-bond donors (Lipinski definition) is 1. The molecule has 114 valence electrons. The van der Waals surface area contributed by atoms with Crippen LogP contribution in [0.5, 0.6) is 0 Å². The monoisotopic (exact) mass is 319 g/mol. The summed E-state index contributed by atoms with van der Waals surface area (Å²) in [6.45, 7) is 4.18. The number of hydrogen-bond acceptors (Lipinski definition) is 3. The van der Waals surface area contributed by atoms with Gasteiger partial charge < -0.3 is 5.32 Å². The molecule has 0 aliphatic carbocycles. The van der Waals surface area contributed by atoms with E-state index in [1.807, 2.05) is 0 Å². The van der Waals surface area contributed by atoms with Gasteiger partial charge in [-0.2, -0.15) is 11.3 Å². The van der Waals surface area contributed by atoms with Gasteiger partial charge in [0.1, 0.15) is 17.2 Å². The SMILES string of the molecule is Cc1ccc(Nc2c(-c3ccsc3)nc3cc(C)ccn23)cc1. The van der Waals surface area contributed by atoms with Crippen LogP contribution in [0.25, 0.3) is 16.9 Å². The number of nitrogens with zero attached hydrogens (tertiary/aromatic N) is 2. The molecule has 4 aromatic rings. The summed E-state index contributed by atoms with van der Waals surface area (Å²) in [4.78, 5) is 4.84. The lowest BCUT2D eigenvalue weighted by Crippen LogP contribution is -1.96. The Morgan fingerprint density at radius 3 is 2.57 bits per heavy atom. The van der Waals surface area contributed by atoms with Gasteiger partial charge in [-0.25, -0.2) is 4.98 Å². The first-order valence-corrected chi connectivity index (χ1v) is 8.50. The summed E-state index contributed by atoms with van der Waals surface area (Å²) in [5.74, 6) is 1.00. The van der Waals surface area contributed by atoms with Crippen LogP contribution >= 0.6 is 11.3 Å². The van der Waals surface area contributed by atoms with Crippen molar-refractivity contribution >= 4 is 28.5 Å². The predicted molar refractivity (Wildman–Crippen MR) is 97.7 cm³/mol. The topological polar surface area (TPSA) is 29.3 Å². The van der Waals surface area contributed by atoms with E-state index in [-0.39, 0.29) is 0 Å². The molecule has 0 radical (unpaired) electrons. The highest BCUT2D eigenvalue weighted by atomic mass is 32.1. The highest BCUT2D eigenvalue weighted by molar-refractivity contribution is 7.08. The maximum Gasteiger partial charge on any atom is 0.143 e. The molecule has 4 heteroatoms. The molecule has 0 aliphatic heterocycles. The Morgan fingerprint density at radius 1 is 1.00 bits per heavy atom. The van der Waals surface area contributed by atoms with Gasteiger partial charge in [0.25, 0.3) is 0 Å². The van der Waals surface area contributed by atoms with Gasteiger partial charge in [-0.05, 0) is 55.1 Å². The van der Waals surface area contributed by atoms with Crippen molar-refractivity contribution in [2.75, 3.05) is 5.32 Å². The van der Waals surface area contributed by atoms with Gasteiger partial charge in [0, 0.05) is 22.8 Å². The van der Waals surface area contributed by atoms with Crippen molar-refractivity contribution in [3.8, 4) is 11.3 Å². The average molecular weight is 319 g/mol. The van der Waals surface area contributed by atoms with E-state index in [2.05, 4.69) is 83.0 Å². The standard InChI is InChI=1S/C19H17N3S/c1-13-3-5-16(6-4-13)20-19-18(15-8-10-23-12-15)21-17-11-14(2)7-9-22(17)19/h3-12,20H,1-2H3. The fraction of sp³-hybridized carbons (Fsp3) is 0.105. The molecule has 4 rings (SSSR count). The van der Waals surface area contributed by atoms with Gasteiger partial charge in [0.2, 0.25) is 0 Å². The van der Waals surface area contributed by atoms with Crippen molar-refractivity contribution in [2.24, 2.45) is 0 Å². The van der Waals surface area contributed by atoms with Crippen molar-refractivity contribution in [2.45, 2.75) is 13.8 Å². The van der Waals surface area contributed by atoms with Crippen molar-refractivity contribution < 1.29 is 0 Å².